The van der Waals surface area contributed by atoms with Gasteiger partial charge >= 0.3 is 0 Å². The molecular weight excluding hydrogens is 442 g/mol. The molecule has 0 aliphatic carbocycles. The second-order valence-electron chi connectivity index (χ2n) is 9.45. The average molecular weight is 478 g/mol. The second kappa shape index (κ2) is 11.6. The molecular formula is C28H36ClN5. The van der Waals surface area contributed by atoms with Gasteiger partial charge in [0.1, 0.15) is 17.5 Å². The molecule has 0 amide bonds. The van der Waals surface area contributed by atoms with Crippen LogP contribution in [0.1, 0.15) is 58.6 Å². The summed E-state index contributed by atoms with van der Waals surface area (Å²) in [6.45, 7) is 13.0. The SMILES string of the molecule is CC.CC(C)(C)NC1CCN(c2c(C#N)c(NCc3ccc(Cl)cc3)nc3ccccc23)CC1. The van der Waals surface area contributed by atoms with Crippen molar-refractivity contribution in [1.29, 1.82) is 5.26 Å². The highest BCUT2D eigenvalue weighted by Crippen LogP contribution is 2.35. The Morgan fingerprint density at radius 1 is 1.06 bits per heavy atom. The molecule has 5 nitrogen and oxygen atoms in total. The van der Waals surface area contributed by atoms with Crippen molar-refractivity contribution in [3.8, 4) is 6.07 Å². The van der Waals surface area contributed by atoms with E-state index >= 15 is 0 Å². The number of fused-ring (bicyclic) bond motifs is 1. The van der Waals surface area contributed by atoms with Gasteiger partial charge in [0.15, 0.2) is 0 Å². The summed E-state index contributed by atoms with van der Waals surface area (Å²) in [4.78, 5) is 7.16. The molecule has 2 N–H and O–H groups in total. The Balaban J connectivity index is 0.00000158. The minimum Gasteiger partial charge on any atom is -0.370 e. The van der Waals surface area contributed by atoms with Crippen LogP contribution in [0.5, 0.6) is 0 Å². The van der Waals surface area contributed by atoms with Gasteiger partial charge in [0.2, 0.25) is 0 Å². The van der Waals surface area contributed by atoms with E-state index in [2.05, 4.69) is 48.4 Å². The maximum absolute atomic E-state index is 10.1. The number of nitrogens with zero attached hydrogens (tertiary/aromatic N) is 3. The van der Waals surface area contributed by atoms with E-state index in [1.54, 1.807) is 0 Å². The molecule has 6 heteroatoms. The minimum absolute atomic E-state index is 0.104. The molecule has 34 heavy (non-hydrogen) atoms. The fraction of sp³-hybridized carbons (Fsp3) is 0.429. The Morgan fingerprint density at radius 3 is 2.32 bits per heavy atom. The van der Waals surface area contributed by atoms with Crippen molar-refractivity contribution in [2.45, 2.75) is 65.6 Å². The monoisotopic (exact) mass is 477 g/mol. The van der Waals surface area contributed by atoms with Crippen LogP contribution in [-0.4, -0.2) is 29.7 Å². The van der Waals surface area contributed by atoms with Gasteiger partial charge in [-0.3, -0.25) is 0 Å². The van der Waals surface area contributed by atoms with Gasteiger partial charge in [0, 0.05) is 41.6 Å². The van der Waals surface area contributed by atoms with Crippen molar-refractivity contribution in [2.24, 2.45) is 0 Å². The topological polar surface area (TPSA) is 64.0 Å². The molecule has 4 rings (SSSR count). The molecule has 0 bridgehead atoms. The van der Waals surface area contributed by atoms with Gasteiger partial charge in [-0.1, -0.05) is 55.8 Å². The largest absolute Gasteiger partial charge is 0.370 e. The third-order valence-electron chi connectivity index (χ3n) is 5.80. The normalized spacial score (nSPS) is 14.3. The molecule has 2 aromatic carbocycles. The van der Waals surface area contributed by atoms with Gasteiger partial charge in [0.25, 0.3) is 0 Å². The molecule has 0 atom stereocenters. The fourth-order valence-electron chi connectivity index (χ4n) is 4.40. The zero-order valence-electron chi connectivity index (χ0n) is 21.0. The summed E-state index contributed by atoms with van der Waals surface area (Å²) in [7, 11) is 0. The van der Waals surface area contributed by atoms with E-state index in [0.717, 1.165) is 48.1 Å². The maximum atomic E-state index is 10.1. The summed E-state index contributed by atoms with van der Waals surface area (Å²) in [5.74, 6) is 0.631. The van der Waals surface area contributed by atoms with E-state index in [0.29, 0.717) is 29.0 Å². The van der Waals surface area contributed by atoms with Crippen molar-refractivity contribution >= 4 is 34.0 Å². The molecule has 180 valence electrons. The van der Waals surface area contributed by atoms with Crippen LogP contribution >= 0.6 is 11.6 Å². The van der Waals surface area contributed by atoms with Crippen LogP contribution in [0.15, 0.2) is 48.5 Å². The average Bonchev–Trinajstić information content (AvgIpc) is 2.83. The number of halogens is 1. The highest BCUT2D eigenvalue weighted by Gasteiger charge is 2.26. The number of nitriles is 1. The van der Waals surface area contributed by atoms with Crippen molar-refractivity contribution in [3.63, 3.8) is 0 Å². The van der Waals surface area contributed by atoms with Crippen LogP contribution in [0.25, 0.3) is 10.9 Å². The van der Waals surface area contributed by atoms with Crippen LogP contribution in [0, 0.1) is 11.3 Å². The summed E-state index contributed by atoms with van der Waals surface area (Å²) >= 11 is 6.01. The predicted octanol–water partition coefficient (Wildman–Crippen LogP) is 6.76. The first-order valence-electron chi connectivity index (χ1n) is 12.2. The van der Waals surface area contributed by atoms with E-state index in [1.165, 1.54) is 0 Å². The molecule has 1 saturated heterocycles. The zero-order valence-corrected chi connectivity index (χ0v) is 21.7. The van der Waals surface area contributed by atoms with E-state index in [9.17, 15) is 5.26 Å². The zero-order chi connectivity index (χ0) is 24.7. The number of aromatic nitrogens is 1. The summed E-state index contributed by atoms with van der Waals surface area (Å²) < 4.78 is 0. The van der Waals surface area contributed by atoms with Gasteiger partial charge < -0.3 is 15.5 Å². The number of pyridine rings is 1. The van der Waals surface area contributed by atoms with E-state index in [4.69, 9.17) is 16.6 Å². The molecule has 1 fully saturated rings. The third kappa shape index (κ3) is 6.40. The van der Waals surface area contributed by atoms with E-state index in [1.807, 2.05) is 56.3 Å². The van der Waals surface area contributed by atoms with Crippen LogP contribution in [0.3, 0.4) is 0 Å². The number of para-hydroxylation sites is 1. The number of hydrogen-bond acceptors (Lipinski definition) is 5. The molecule has 1 aliphatic rings. The van der Waals surface area contributed by atoms with Crippen LogP contribution < -0.4 is 15.5 Å². The molecule has 0 saturated carbocycles. The molecule has 0 unspecified atom stereocenters. The highest BCUT2D eigenvalue weighted by molar-refractivity contribution is 6.30. The smallest absolute Gasteiger partial charge is 0.147 e. The first-order chi connectivity index (χ1) is 16.3. The lowest BCUT2D eigenvalue weighted by Crippen LogP contribution is -2.49. The van der Waals surface area contributed by atoms with Gasteiger partial charge in [-0.25, -0.2) is 4.98 Å². The molecule has 0 radical (unpaired) electrons. The van der Waals surface area contributed by atoms with E-state index in [-0.39, 0.29) is 5.54 Å². The second-order valence-corrected chi connectivity index (χ2v) is 9.89. The van der Waals surface area contributed by atoms with Crippen molar-refractivity contribution in [2.75, 3.05) is 23.3 Å². The first kappa shape index (κ1) is 25.8. The Labute approximate surface area is 209 Å². The maximum Gasteiger partial charge on any atom is 0.147 e. The van der Waals surface area contributed by atoms with Gasteiger partial charge in [-0.2, -0.15) is 5.26 Å². The Bertz CT molecular complexity index is 1120. The Hall–Kier alpha value is -2.81. The lowest BCUT2D eigenvalue weighted by atomic mass is 9.98. The Kier molecular flexibility index (Phi) is 8.77. The van der Waals surface area contributed by atoms with Crippen LogP contribution in [0.4, 0.5) is 11.5 Å². The number of piperidine rings is 1. The number of anilines is 2. The summed E-state index contributed by atoms with van der Waals surface area (Å²) in [6.07, 6.45) is 2.10. The highest BCUT2D eigenvalue weighted by atomic mass is 35.5. The number of hydrogen-bond donors (Lipinski definition) is 2. The van der Waals surface area contributed by atoms with Crippen molar-refractivity contribution < 1.29 is 0 Å². The van der Waals surface area contributed by atoms with Crippen molar-refractivity contribution in [1.82, 2.24) is 10.3 Å². The van der Waals surface area contributed by atoms with E-state index < -0.39 is 0 Å². The van der Waals surface area contributed by atoms with Crippen LogP contribution in [0.2, 0.25) is 5.02 Å². The van der Waals surface area contributed by atoms with Crippen molar-refractivity contribution in [3.05, 3.63) is 64.7 Å². The fourth-order valence-corrected chi connectivity index (χ4v) is 4.53. The summed E-state index contributed by atoms with van der Waals surface area (Å²) in [5.41, 5.74) is 3.69. The molecule has 2 heterocycles. The summed E-state index contributed by atoms with van der Waals surface area (Å²) in [5, 5.41) is 19.0. The number of benzene rings is 2. The molecule has 1 aromatic heterocycles. The molecule has 1 aliphatic heterocycles. The summed E-state index contributed by atoms with van der Waals surface area (Å²) in [6, 6.07) is 18.7. The third-order valence-corrected chi connectivity index (χ3v) is 6.05. The predicted molar refractivity (Wildman–Crippen MR) is 145 cm³/mol. The molecule has 3 aromatic rings. The lowest BCUT2D eigenvalue weighted by molar-refractivity contribution is 0.317. The lowest BCUT2D eigenvalue weighted by Gasteiger charge is -2.38. The number of nitrogens with one attached hydrogen (secondary N) is 2. The Morgan fingerprint density at radius 2 is 1.71 bits per heavy atom. The van der Waals surface area contributed by atoms with Gasteiger partial charge in [0.05, 0.1) is 11.2 Å². The van der Waals surface area contributed by atoms with Crippen LogP contribution in [-0.2, 0) is 6.54 Å². The number of rotatable bonds is 5. The van der Waals surface area contributed by atoms with Gasteiger partial charge in [-0.05, 0) is 57.4 Å². The standard InChI is InChI=1S/C26H30ClN5.C2H6/c1-26(2,3)31-20-12-14-32(15-13-20)24-21-6-4-5-7-23(21)30-25(22(24)16-28)29-17-18-8-10-19(27)11-9-18;1-2/h4-11,20,31H,12-15,17H2,1-3H3,(H,29,30);1-2H3. The first-order valence-corrected chi connectivity index (χ1v) is 12.6. The van der Waals surface area contributed by atoms with Gasteiger partial charge in [-0.15, -0.1) is 0 Å². The quantitative estimate of drug-likeness (QED) is 0.425. The minimum atomic E-state index is 0.104. The molecule has 0 spiro atoms.